The van der Waals surface area contributed by atoms with E-state index in [4.69, 9.17) is 9.15 Å². The summed E-state index contributed by atoms with van der Waals surface area (Å²) in [5, 5.41) is 2.69. The van der Waals surface area contributed by atoms with E-state index in [0.717, 1.165) is 30.9 Å². The van der Waals surface area contributed by atoms with E-state index < -0.39 is 0 Å². The molecule has 2 aromatic carbocycles. The van der Waals surface area contributed by atoms with Gasteiger partial charge < -0.3 is 14.5 Å². The second-order valence-corrected chi connectivity index (χ2v) is 6.94. The van der Waals surface area contributed by atoms with Crippen molar-refractivity contribution in [2.24, 2.45) is 0 Å². The van der Waals surface area contributed by atoms with Crippen molar-refractivity contribution in [2.75, 3.05) is 26.7 Å². The Hall–Kier alpha value is -3.05. The quantitative estimate of drug-likeness (QED) is 0.541. The van der Waals surface area contributed by atoms with Gasteiger partial charge in [-0.1, -0.05) is 42.5 Å². The summed E-state index contributed by atoms with van der Waals surface area (Å²) in [5.74, 6) is 1.73. The van der Waals surface area contributed by atoms with Gasteiger partial charge in [0.25, 0.3) is 0 Å². The zero-order valence-corrected chi connectivity index (χ0v) is 16.8. The number of likely N-dealkylation sites (N-methyl/N-ethyl adjacent to an activating group) is 1. The monoisotopic (exact) mass is 392 g/mol. The molecule has 0 aliphatic rings. The van der Waals surface area contributed by atoms with Gasteiger partial charge in [0.1, 0.15) is 11.5 Å². The van der Waals surface area contributed by atoms with Gasteiger partial charge in [0.05, 0.1) is 26.0 Å². The van der Waals surface area contributed by atoms with Gasteiger partial charge >= 0.3 is 0 Å². The van der Waals surface area contributed by atoms with E-state index >= 15 is 0 Å². The average molecular weight is 392 g/mol. The highest BCUT2D eigenvalue weighted by Crippen LogP contribution is 2.15. The van der Waals surface area contributed by atoms with E-state index in [1.807, 2.05) is 42.5 Å². The lowest BCUT2D eigenvalue weighted by atomic mass is 10.1. The minimum Gasteiger partial charge on any atom is -0.493 e. The first kappa shape index (κ1) is 20.7. The number of rotatable bonds is 11. The number of hydrogen-bond acceptors (Lipinski definition) is 4. The maximum absolute atomic E-state index is 11.8. The van der Waals surface area contributed by atoms with Crippen LogP contribution in [0.3, 0.4) is 0 Å². The number of benzene rings is 2. The minimum absolute atomic E-state index is 0.00504. The van der Waals surface area contributed by atoms with Crippen LogP contribution in [0, 0.1) is 0 Å². The molecular formula is C24H28N2O3. The molecule has 0 aliphatic heterocycles. The normalized spacial score (nSPS) is 10.8. The van der Waals surface area contributed by atoms with Crippen molar-refractivity contribution in [1.82, 2.24) is 10.2 Å². The lowest BCUT2D eigenvalue weighted by Crippen LogP contribution is -2.36. The van der Waals surface area contributed by atoms with Gasteiger partial charge in [-0.05, 0) is 41.8 Å². The summed E-state index contributed by atoms with van der Waals surface area (Å²) in [7, 11) is 1.66. The van der Waals surface area contributed by atoms with Gasteiger partial charge in [0, 0.05) is 20.0 Å². The summed E-state index contributed by atoms with van der Waals surface area (Å²) in [4.78, 5) is 13.9. The molecule has 0 atom stereocenters. The first-order chi connectivity index (χ1) is 14.2. The summed E-state index contributed by atoms with van der Waals surface area (Å²) in [6.45, 7) is 2.34. The number of furan rings is 1. The summed E-state index contributed by atoms with van der Waals surface area (Å²) in [5.41, 5.74) is 2.45. The molecule has 0 unspecified atom stereocenters. The molecule has 1 amide bonds. The molecule has 1 heterocycles. The number of ether oxygens (including phenoxy) is 1. The Morgan fingerprint density at radius 3 is 2.59 bits per heavy atom. The van der Waals surface area contributed by atoms with E-state index in [-0.39, 0.29) is 5.91 Å². The van der Waals surface area contributed by atoms with E-state index in [1.165, 1.54) is 11.1 Å². The van der Waals surface area contributed by atoms with Crippen LogP contribution in [0.5, 0.6) is 5.75 Å². The highest BCUT2D eigenvalue weighted by Gasteiger charge is 2.12. The van der Waals surface area contributed by atoms with Gasteiger partial charge in [0.15, 0.2) is 0 Å². The minimum atomic E-state index is -0.00504. The molecule has 5 heteroatoms. The second-order valence-electron chi connectivity index (χ2n) is 6.94. The Morgan fingerprint density at radius 1 is 1.00 bits per heavy atom. The van der Waals surface area contributed by atoms with Crippen LogP contribution in [0.2, 0.25) is 0 Å². The third-order valence-electron chi connectivity index (χ3n) is 4.72. The Morgan fingerprint density at radius 2 is 1.83 bits per heavy atom. The van der Waals surface area contributed by atoms with Crippen LogP contribution in [0.1, 0.15) is 16.9 Å². The SMILES string of the molecule is CNC(=O)CN(CCc1cccc(OCCc2ccccc2)c1)Cc1ccco1. The molecule has 0 radical (unpaired) electrons. The molecule has 0 aliphatic carbocycles. The summed E-state index contributed by atoms with van der Waals surface area (Å²) < 4.78 is 11.4. The van der Waals surface area contributed by atoms with Crippen molar-refractivity contribution in [3.05, 3.63) is 89.9 Å². The number of carbonyl (C=O) groups excluding carboxylic acids is 1. The van der Waals surface area contributed by atoms with E-state index in [0.29, 0.717) is 19.7 Å². The highest BCUT2D eigenvalue weighted by molar-refractivity contribution is 5.77. The first-order valence-electron chi connectivity index (χ1n) is 9.94. The summed E-state index contributed by atoms with van der Waals surface area (Å²) in [6.07, 6.45) is 3.37. The standard InChI is InChI=1S/C24H28N2O3/c1-25-24(27)19-26(18-23-11-6-15-28-23)14-12-21-9-5-10-22(17-21)29-16-13-20-7-3-2-4-8-20/h2-11,15,17H,12-14,16,18-19H2,1H3,(H,25,27). The Kier molecular flexibility index (Phi) is 7.90. The molecule has 3 aromatic rings. The van der Waals surface area contributed by atoms with Gasteiger partial charge in [-0.15, -0.1) is 0 Å². The van der Waals surface area contributed by atoms with Crippen molar-refractivity contribution < 1.29 is 13.9 Å². The molecule has 29 heavy (non-hydrogen) atoms. The molecule has 3 rings (SSSR count). The van der Waals surface area contributed by atoms with Crippen LogP contribution in [0.15, 0.2) is 77.4 Å². The zero-order valence-electron chi connectivity index (χ0n) is 16.8. The molecule has 0 fully saturated rings. The molecule has 1 N–H and O–H groups in total. The van der Waals surface area contributed by atoms with Crippen molar-refractivity contribution in [3.8, 4) is 5.75 Å². The van der Waals surface area contributed by atoms with E-state index in [1.54, 1.807) is 13.3 Å². The fourth-order valence-electron chi connectivity index (χ4n) is 3.13. The molecule has 0 saturated heterocycles. The van der Waals surface area contributed by atoms with Gasteiger partial charge in [-0.3, -0.25) is 9.69 Å². The Labute approximate surface area is 172 Å². The van der Waals surface area contributed by atoms with Crippen molar-refractivity contribution >= 4 is 5.91 Å². The topological polar surface area (TPSA) is 54.7 Å². The maximum atomic E-state index is 11.8. The van der Waals surface area contributed by atoms with Crippen LogP contribution >= 0.6 is 0 Å². The van der Waals surface area contributed by atoms with Gasteiger partial charge in [-0.2, -0.15) is 0 Å². The predicted molar refractivity (Wildman–Crippen MR) is 114 cm³/mol. The van der Waals surface area contributed by atoms with Crippen LogP contribution in [0.4, 0.5) is 0 Å². The third kappa shape index (κ3) is 7.12. The number of amides is 1. The molecule has 5 nitrogen and oxygen atoms in total. The molecular weight excluding hydrogens is 364 g/mol. The highest BCUT2D eigenvalue weighted by atomic mass is 16.5. The van der Waals surface area contributed by atoms with Gasteiger partial charge in [0.2, 0.25) is 5.91 Å². The predicted octanol–water partition coefficient (Wildman–Crippen LogP) is 3.69. The Bertz CT molecular complexity index is 863. The molecule has 0 saturated carbocycles. The molecule has 0 bridgehead atoms. The van der Waals surface area contributed by atoms with Crippen LogP contribution < -0.4 is 10.1 Å². The third-order valence-corrected chi connectivity index (χ3v) is 4.72. The van der Waals surface area contributed by atoms with Gasteiger partial charge in [-0.25, -0.2) is 0 Å². The lowest BCUT2D eigenvalue weighted by Gasteiger charge is -2.20. The summed E-state index contributed by atoms with van der Waals surface area (Å²) in [6, 6.07) is 22.3. The first-order valence-corrected chi connectivity index (χ1v) is 9.94. The van der Waals surface area contributed by atoms with Crippen molar-refractivity contribution in [3.63, 3.8) is 0 Å². The largest absolute Gasteiger partial charge is 0.493 e. The number of nitrogens with zero attached hydrogens (tertiary/aromatic N) is 1. The van der Waals surface area contributed by atoms with Crippen molar-refractivity contribution in [1.29, 1.82) is 0 Å². The molecule has 1 aromatic heterocycles. The second kappa shape index (κ2) is 11.1. The van der Waals surface area contributed by atoms with Crippen LogP contribution in [0.25, 0.3) is 0 Å². The van der Waals surface area contributed by atoms with Crippen LogP contribution in [-0.2, 0) is 24.2 Å². The van der Waals surface area contributed by atoms with E-state index in [2.05, 4.69) is 34.5 Å². The Balaban J connectivity index is 1.52. The van der Waals surface area contributed by atoms with Crippen molar-refractivity contribution in [2.45, 2.75) is 19.4 Å². The lowest BCUT2D eigenvalue weighted by molar-refractivity contribution is -0.121. The number of hydrogen-bond donors (Lipinski definition) is 1. The zero-order chi connectivity index (χ0) is 20.3. The van der Waals surface area contributed by atoms with Crippen LogP contribution in [-0.4, -0.2) is 37.6 Å². The average Bonchev–Trinajstić information content (AvgIpc) is 3.26. The maximum Gasteiger partial charge on any atom is 0.233 e. The fourth-order valence-corrected chi connectivity index (χ4v) is 3.13. The molecule has 152 valence electrons. The number of carbonyl (C=O) groups is 1. The van der Waals surface area contributed by atoms with E-state index in [9.17, 15) is 4.79 Å². The smallest absolute Gasteiger partial charge is 0.233 e. The number of nitrogens with one attached hydrogen (secondary N) is 1. The summed E-state index contributed by atoms with van der Waals surface area (Å²) >= 11 is 0. The molecule has 0 spiro atoms. The fraction of sp³-hybridized carbons (Fsp3) is 0.292.